The molecule has 2 aromatic rings. The summed E-state index contributed by atoms with van der Waals surface area (Å²) in [7, 11) is 0. The quantitative estimate of drug-likeness (QED) is 0.495. The van der Waals surface area contributed by atoms with Crippen molar-refractivity contribution in [2.75, 3.05) is 39.3 Å². The molecular weight excluding hydrogens is 488 g/mol. The standard InChI is InChI=1S/C28H28N4O6/c33-23(11-5-13-31-25(35)19-7-1-2-8-20(19)26(31)36)29-15-17-30(18-16-29)24(34)12-6-14-32-27(37)21-9-3-4-10-22(21)28(32)38/h1-4,7-10H,5-6,11-18H2. The summed E-state index contributed by atoms with van der Waals surface area (Å²) in [6.07, 6.45) is 1.17. The van der Waals surface area contributed by atoms with Gasteiger partial charge in [-0.05, 0) is 37.1 Å². The summed E-state index contributed by atoms with van der Waals surface area (Å²) in [5, 5.41) is 0. The zero-order valence-electron chi connectivity index (χ0n) is 20.9. The van der Waals surface area contributed by atoms with Gasteiger partial charge in [-0.25, -0.2) is 0 Å². The van der Waals surface area contributed by atoms with E-state index in [1.54, 1.807) is 58.3 Å². The van der Waals surface area contributed by atoms with Crippen LogP contribution in [0.1, 0.15) is 67.1 Å². The maximum absolute atomic E-state index is 12.7. The molecule has 3 heterocycles. The highest BCUT2D eigenvalue weighted by Gasteiger charge is 2.36. The highest BCUT2D eigenvalue weighted by Crippen LogP contribution is 2.24. The van der Waals surface area contributed by atoms with E-state index in [4.69, 9.17) is 0 Å². The summed E-state index contributed by atoms with van der Waals surface area (Å²) in [6.45, 7) is 2.02. The maximum Gasteiger partial charge on any atom is 0.261 e. The molecule has 2 aromatic carbocycles. The van der Waals surface area contributed by atoms with E-state index in [0.29, 0.717) is 61.3 Å². The van der Waals surface area contributed by atoms with Crippen molar-refractivity contribution in [3.05, 3.63) is 70.8 Å². The van der Waals surface area contributed by atoms with E-state index >= 15 is 0 Å². The van der Waals surface area contributed by atoms with Gasteiger partial charge in [0.2, 0.25) is 11.8 Å². The van der Waals surface area contributed by atoms with E-state index in [2.05, 4.69) is 0 Å². The third kappa shape index (κ3) is 4.69. The first-order valence-corrected chi connectivity index (χ1v) is 12.8. The lowest BCUT2D eigenvalue weighted by Gasteiger charge is -2.35. The van der Waals surface area contributed by atoms with Crippen LogP contribution in [0.3, 0.4) is 0 Å². The van der Waals surface area contributed by atoms with Crippen LogP contribution in [-0.4, -0.2) is 94.3 Å². The van der Waals surface area contributed by atoms with Gasteiger partial charge in [-0.2, -0.15) is 0 Å². The molecule has 10 heteroatoms. The lowest BCUT2D eigenvalue weighted by molar-refractivity contribution is -0.139. The van der Waals surface area contributed by atoms with Crippen molar-refractivity contribution in [1.82, 2.24) is 19.6 Å². The molecule has 38 heavy (non-hydrogen) atoms. The molecule has 196 valence electrons. The molecule has 1 fully saturated rings. The fraction of sp³-hybridized carbons (Fsp3) is 0.357. The second-order valence-corrected chi connectivity index (χ2v) is 9.58. The average Bonchev–Trinajstić information content (AvgIpc) is 3.33. The van der Waals surface area contributed by atoms with E-state index < -0.39 is 0 Å². The van der Waals surface area contributed by atoms with Crippen molar-refractivity contribution in [3.8, 4) is 0 Å². The SMILES string of the molecule is O=C(CCCN1C(=O)c2ccccc2C1=O)N1CCN(C(=O)CCCN2C(=O)c3ccccc3C2=O)CC1. The molecule has 3 aliphatic rings. The Labute approximate surface area is 219 Å². The van der Waals surface area contributed by atoms with Crippen molar-refractivity contribution >= 4 is 35.4 Å². The Morgan fingerprint density at radius 3 is 1.11 bits per heavy atom. The summed E-state index contributed by atoms with van der Waals surface area (Å²) in [4.78, 5) is 80.9. The summed E-state index contributed by atoms with van der Waals surface area (Å²) in [5.74, 6) is -1.44. The number of fused-ring (bicyclic) bond motifs is 2. The monoisotopic (exact) mass is 516 g/mol. The number of imide groups is 2. The molecule has 0 saturated carbocycles. The predicted molar refractivity (Wildman–Crippen MR) is 135 cm³/mol. The number of rotatable bonds is 8. The lowest BCUT2D eigenvalue weighted by Crippen LogP contribution is -2.50. The zero-order chi connectivity index (χ0) is 26.8. The Balaban J connectivity index is 1.01. The van der Waals surface area contributed by atoms with Crippen molar-refractivity contribution in [2.24, 2.45) is 0 Å². The van der Waals surface area contributed by atoms with E-state index in [-0.39, 0.29) is 61.4 Å². The molecule has 0 N–H and O–H groups in total. The topological polar surface area (TPSA) is 115 Å². The molecule has 0 unspecified atom stereocenters. The highest BCUT2D eigenvalue weighted by atomic mass is 16.2. The number of benzene rings is 2. The van der Waals surface area contributed by atoms with Crippen molar-refractivity contribution in [1.29, 1.82) is 0 Å². The van der Waals surface area contributed by atoms with E-state index in [1.807, 2.05) is 0 Å². The molecule has 0 spiro atoms. The summed E-state index contributed by atoms with van der Waals surface area (Å²) < 4.78 is 0. The number of hydrogen-bond donors (Lipinski definition) is 0. The first kappa shape index (κ1) is 25.3. The van der Waals surface area contributed by atoms with Gasteiger partial charge in [0.1, 0.15) is 0 Å². The second-order valence-electron chi connectivity index (χ2n) is 9.58. The molecule has 5 rings (SSSR count). The molecule has 0 aromatic heterocycles. The van der Waals surface area contributed by atoms with Gasteiger partial charge < -0.3 is 9.80 Å². The molecule has 1 saturated heterocycles. The molecule has 10 nitrogen and oxygen atoms in total. The highest BCUT2D eigenvalue weighted by molar-refractivity contribution is 6.22. The van der Waals surface area contributed by atoms with Gasteiger partial charge in [-0.3, -0.25) is 38.6 Å². The first-order chi connectivity index (χ1) is 18.4. The van der Waals surface area contributed by atoms with Crippen LogP contribution in [0.2, 0.25) is 0 Å². The van der Waals surface area contributed by atoms with E-state index in [1.165, 1.54) is 9.80 Å². The van der Waals surface area contributed by atoms with E-state index in [9.17, 15) is 28.8 Å². The second kappa shape index (κ2) is 10.6. The van der Waals surface area contributed by atoms with Crippen LogP contribution < -0.4 is 0 Å². The Kier molecular flexibility index (Phi) is 7.04. The van der Waals surface area contributed by atoms with Gasteiger partial charge in [0.05, 0.1) is 22.3 Å². The number of nitrogens with zero attached hydrogens (tertiary/aromatic N) is 4. The molecule has 0 radical (unpaired) electrons. The third-order valence-electron chi connectivity index (χ3n) is 7.29. The number of piperazine rings is 1. The Morgan fingerprint density at radius 2 is 0.816 bits per heavy atom. The normalized spacial score (nSPS) is 16.8. The van der Waals surface area contributed by atoms with Crippen LogP contribution in [0.4, 0.5) is 0 Å². The molecule has 0 aliphatic carbocycles. The fourth-order valence-corrected chi connectivity index (χ4v) is 5.18. The third-order valence-corrected chi connectivity index (χ3v) is 7.29. The van der Waals surface area contributed by atoms with Gasteiger partial charge in [0.25, 0.3) is 23.6 Å². The molecule has 3 aliphatic heterocycles. The summed E-state index contributed by atoms with van der Waals surface area (Å²) in [6, 6.07) is 13.4. The summed E-state index contributed by atoms with van der Waals surface area (Å²) in [5.41, 5.74) is 1.59. The van der Waals surface area contributed by atoms with Gasteiger partial charge >= 0.3 is 0 Å². The maximum atomic E-state index is 12.7. The van der Waals surface area contributed by atoms with Gasteiger partial charge in [0.15, 0.2) is 0 Å². The van der Waals surface area contributed by atoms with Gasteiger partial charge in [-0.15, -0.1) is 0 Å². The molecular formula is C28H28N4O6. The Bertz CT molecular complexity index is 1160. The van der Waals surface area contributed by atoms with Crippen LogP contribution in [0.5, 0.6) is 0 Å². The number of hydrogen-bond acceptors (Lipinski definition) is 6. The van der Waals surface area contributed by atoms with Crippen LogP contribution in [0, 0.1) is 0 Å². The Hall–Kier alpha value is -4.34. The number of amides is 6. The first-order valence-electron chi connectivity index (χ1n) is 12.8. The number of carbonyl (C=O) groups is 6. The fourth-order valence-electron chi connectivity index (χ4n) is 5.18. The minimum atomic E-state index is -0.326. The predicted octanol–water partition coefficient (Wildman–Crippen LogP) is 1.81. The lowest BCUT2D eigenvalue weighted by atomic mass is 10.1. The smallest absolute Gasteiger partial charge is 0.261 e. The van der Waals surface area contributed by atoms with Crippen LogP contribution in [0.25, 0.3) is 0 Å². The van der Waals surface area contributed by atoms with Crippen molar-refractivity contribution < 1.29 is 28.8 Å². The molecule has 0 atom stereocenters. The zero-order valence-corrected chi connectivity index (χ0v) is 20.9. The Morgan fingerprint density at radius 1 is 0.526 bits per heavy atom. The minimum absolute atomic E-state index is 0.0701. The van der Waals surface area contributed by atoms with Crippen LogP contribution in [-0.2, 0) is 9.59 Å². The molecule has 6 amide bonds. The average molecular weight is 517 g/mol. The van der Waals surface area contributed by atoms with Crippen molar-refractivity contribution in [3.63, 3.8) is 0 Å². The van der Waals surface area contributed by atoms with Crippen molar-refractivity contribution in [2.45, 2.75) is 25.7 Å². The summed E-state index contributed by atoms with van der Waals surface area (Å²) >= 11 is 0. The van der Waals surface area contributed by atoms with Crippen LogP contribution >= 0.6 is 0 Å². The van der Waals surface area contributed by atoms with Gasteiger partial charge in [-0.1, -0.05) is 24.3 Å². The largest absolute Gasteiger partial charge is 0.339 e. The van der Waals surface area contributed by atoms with Gasteiger partial charge in [0, 0.05) is 52.1 Å². The van der Waals surface area contributed by atoms with E-state index in [0.717, 1.165) is 0 Å². The van der Waals surface area contributed by atoms with Crippen LogP contribution in [0.15, 0.2) is 48.5 Å². The minimum Gasteiger partial charge on any atom is -0.339 e. The molecule has 0 bridgehead atoms. The number of carbonyl (C=O) groups excluding carboxylic acids is 6.